The summed E-state index contributed by atoms with van der Waals surface area (Å²) in [5.41, 5.74) is 1.32. The van der Waals surface area contributed by atoms with Crippen molar-refractivity contribution in [2.75, 3.05) is 11.9 Å². The molecule has 0 aliphatic heterocycles. The van der Waals surface area contributed by atoms with E-state index in [4.69, 9.17) is 4.74 Å². The number of ketones is 1. The largest absolute Gasteiger partial charge is 0.483 e. The molecule has 0 radical (unpaired) electrons. The molecule has 2 aromatic carbocycles. The summed E-state index contributed by atoms with van der Waals surface area (Å²) in [4.78, 5) is 24.1. The first-order valence-electron chi connectivity index (χ1n) is 7.49. The van der Waals surface area contributed by atoms with E-state index in [0.717, 1.165) is 3.57 Å². The zero-order chi connectivity index (χ0) is 17.3. The highest BCUT2D eigenvalue weighted by molar-refractivity contribution is 14.1. The summed E-state index contributed by atoms with van der Waals surface area (Å²) in [6, 6.07) is 10.1. The molecule has 0 spiro atoms. The van der Waals surface area contributed by atoms with Gasteiger partial charge in [0.1, 0.15) is 11.6 Å². The fraction of sp³-hybridized carbons (Fsp3) is 0.222. The van der Waals surface area contributed by atoms with Crippen molar-refractivity contribution in [2.45, 2.75) is 19.3 Å². The second kappa shape index (κ2) is 6.88. The number of ether oxygens (including phenoxy) is 1. The zero-order valence-corrected chi connectivity index (χ0v) is 15.1. The van der Waals surface area contributed by atoms with E-state index >= 15 is 0 Å². The highest BCUT2D eigenvalue weighted by atomic mass is 127. The van der Waals surface area contributed by atoms with Crippen molar-refractivity contribution in [2.24, 2.45) is 0 Å². The number of nitrogens with one attached hydrogen (secondary N) is 1. The van der Waals surface area contributed by atoms with E-state index in [-0.39, 0.29) is 41.9 Å². The molecule has 0 fully saturated rings. The van der Waals surface area contributed by atoms with Crippen LogP contribution in [-0.4, -0.2) is 18.3 Å². The van der Waals surface area contributed by atoms with Crippen LogP contribution in [-0.2, 0) is 4.79 Å². The lowest BCUT2D eigenvalue weighted by Gasteiger charge is -2.12. The Balaban J connectivity index is 1.72. The number of amides is 1. The fourth-order valence-corrected chi connectivity index (χ4v) is 3.40. The SMILES string of the molecule is C[C@H]1CC(=O)c2c(OCC(=O)Nc3cccc(I)c3)ccc(F)c21. The molecule has 0 saturated heterocycles. The molecule has 0 unspecified atom stereocenters. The minimum absolute atomic E-state index is 0.148. The standard InChI is InChI=1S/C18H15FINO3/c1-10-7-14(22)18-15(6-5-13(19)17(10)18)24-9-16(23)21-12-4-2-3-11(20)8-12/h2-6,8,10H,7,9H2,1H3,(H,21,23)/t10-/m0/s1. The lowest BCUT2D eigenvalue weighted by molar-refractivity contribution is -0.118. The van der Waals surface area contributed by atoms with Gasteiger partial charge in [-0.25, -0.2) is 4.39 Å². The molecule has 1 aliphatic rings. The number of carbonyl (C=O) groups is 2. The summed E-state index contributed by atoms with van der Waals surface area (Å²) in [6.07, 6.45) is 0.265. The van der Waals surface area contributed by atoms with Gasteiger partial charge in [0.2, 0.25) is 0 Å². The summed E-state index contributed by atoms with van der Waals surface area (Å²) in [5, 5.41) is 2.72. The monoisotopic (exact) mass is 439 g/mol. The van der Waals surface area contributed by atoms with Crippen molar-refractivity contribution in [3.05, 3.63) is 56.9 Å². The molecule has 1 atom stereocenters. The molecule has 1 N–H and O–H groups in total. The van der Waals surface area contributed by atoms with Gasteiger partial charge in [-0.05, 0) is 58.8 Å². The number of Topliss-reactive ketones (excluding diaryl/α,β-unsaturated/α-hetero) is 1. The van der Waals surface area contributed by atoms with Gasteiger partial charge < -0.3 is 10.1 Å². The van der Waals surface area contributed by atoms with Crippen LogP contribution in [0.5, 0.6) is 5.75 Å². The molecule has 124 valence electrons. The van der Waals surface area contributed by atoms with Gasteiger partial charge in [0.25, 0.3) is 5.91 Å². The van der Waals surface area contributed by atoms with Crippen molar-refractivity contribution < 1.29 is 18.7 Å². The van der Waals surface area contributed by atoms with Gasteiger partial charge in [-0.15, -0.1) is 0 Å². The molecule has 24 heavy (non-hydrogen) atoms. The fourth-order valence-electron chi connectivity index (χ4n) is 2.85. The van der Waals surface area contributed by atoms with Crippen LogP contribution < -0.4 is 10.1 Å². The number of benzene rings is 2. The number of hydrogen-bond donors (Lipinski definition) is 1. The molecule has 1 aliphatic carbocycles. The van der Waals surface area contributed by atoms with E-state index in [9.17, 15) is 14.0 Å². The van der Waals surface area contributed by atoms with Crippen LogP contribution in [0.15, 0.2) is 36.4 Å². The van der Waals surface area contributed by atoms with Gasteiger partial charge >= 0.3 is 0 Å². The number of hydrogen-bond acceptors (Lipinski definition) is 3. The minimum Gasteiger partial charge on any atom is -0.483 e. The van der Waals surface area contributed by atoms with E-state index in [1.807, 2.05) is 18.2 Å². The lowest BCUT2D eigenvalue weighted by Crippen LogP contribution is -2.20. The summed E-state index contributed by atoms with van der Waals surface area (Å²) in [5.74, 6) is -0.799. The van der Waals surface area contributed by atoms with E-state index in [1.54, 1.807) is 13.0 Å². The molecule has 1 amide bonds. The third-order valence-corrected chi connectivity index (χ3v) is 4.56. The number of carbonyl (C=O) groups excluding carboxylic acids is 2. The van der Waals surface area contributed by atoms with E-state index < -0.39 is 5.82 Å². The van der Waals surface area contributed by atoms with Crippen LogP contribution in [0.1, 0.15) is 35.2 Å². The minimum atomic E-state index is -0.404. The Bertz CT molecular complexity index is 822. The van der Waals surface area contributed by atoms with Crippen molar-refractivity contribution in [1.29, 1.82) is 0 Å². The smallest absolute Gasteiger partial charge is 0.262 e. The van der Waals surface area contributed by atoms with Crippen molar-refractivity contribution in [1.82, 2.24) is 0 Å². The highest BCUT2D eigenvalue weighted by Crippen LogP contribution is 2.39. The van der Waals surface area contributed by atoms with Gasteiger partial charge in [-0.1, -0.05) is 13.0 Å². The maximum Gasteiger partial charge on any atom is 0.262 e. The van der Waals surface area contributed by atoms with Crippen molar-refractivity contribution >= 4 is 40.0 Å². The normalized spacial score (nSPS) is 16.0. The van der Waals surface area contributed by atoms with Crippen LogP contribution in [0.25, 0.3) is 0 Å². The number of anilines is 1. The summed E-state index contributed by atoms with van der Waals surface area (Å²) in [7, 11) is 0. The molecular formula is C18H15FINO3. The highest BCUT2D eigenvalue weighted by Gasteiger charge is 2.32. The Morgan fingerprint density at radius 3 is 2.92 bits per heavy atom. The van der Waals surface area contributed by atoms with Crippen LogP contribution in [0.3, 0.4) is 0 Å². The maximum absolute atomic E-state index is 13.9. The molecule has 2 aromatic rings. The van der Waals surface area contributed by atoms with Crippen LogP contribution in [0.2, 0.25) is 0 Å². The molecule has 0 aromatic heterocycles. The van der Waals surface area contributed by atoms with E-state index in [1.165, 1.54) is 12.1 Å². The number of halogens is 2. The van der Waals surface area contributed by atoms with Crippen molar-refractivity contribution in [3.8, 4) is 5.75 Å². The predicted molar refractivity (Wildman–Crippen MR) is 97.0 cm³/mol. The average molecular weight is 439 g/mol. The van der Waals surface area contributed by atoms with Gasteiger partial charge in [0.05, 0.1) is 5.56 Å². The van der Waals surface area contributed by atoms with Crippen LogP contribution >= 0.6 is 22.6 Å². The molecule has 0 bridgehead atoms. The summed E-state index contributed by atoms with van der Waals surface area (Å²) in [6.45, 7) is 1.56. The lowest BCUT2D eigenvalue weighted by atomic mass is 10.0. The molecule has 0 saturated carbocycles. The Morgan fingerprint density at radius 1 is 1.38 bits per heavy atom. The molecule has 3 rings (SSSR count). The molecular weight excluding hydrogens is 424 g/mol. The van der Waals surface area contributed by atoms with Gasteiger partial charge in [-0.3, -0.25) is 9.59 Å². The second-order valence-corrected chi connectivity index (χ2v) is 6.96. The first-order valence-corrected chi connectivity index (χ1v) is 8.57. The maximum atomic E-state index is 13.9. The number of rotatable bonds is 4. The quantitative estimate of drug-likeness (QED) is 0.729. The first-order chi connectivity index (χ1) is 11.5. The molecule has 0 heterocycles. The Morgan fingerprint density at radius 2 is 2.17 bits per heavy atom. The average Bonchev–Trinajstić information content (AvgIpc) is 2.83. The Labute approximate surface area is 152 Å². The van der Waals surface area contributed by atoms with E-state index in [0.29, 0.717) is 11.3 Å². The summed E-state index contributed by atoms with van der Waals surface area (Å²) < 4.78 is 20.4. The zero-order valence-electron chi connectivity index (χ0n) is 12.9. The predicted octanol–water partition coefficient (Wildman–Crippen LogP) is 4.14. The Hall–Kier alpha value is -1.96. The topological polar surface area (TPSA) is 55.4 Å². The van der Waals surface area contributed by atoms with Crippen LogP contribution in [0, 0.1) is 9.39 Å². The van der Waals surface area contributed by atoms with E-state index in [2.05, 4.69) is 27.9 Å². The van der Waals surface area contributed by atoms with Gasteiger partial charge in [0, 0.05) is 21.2 Å². The van der Waals surface area contributed by atoms with Gasteiger partial charge in [0.15, 0.2) is 12.4 Å². The van der Waals surface area contributed by atoms with Crippen molar-refractivity contribution in [3.63, 3.8) is 0 Å². The third-order valence-electron chi connectivity index (χ3n) is 3.88. The van der Waals surface area contributed by atoms with Gasteiger partial charge in [-0.2, -0.15) is 0 Å². The van der Waals surface area contributed by atoms with Crippen LogP contribution in [0.4, 0.5) is 10.1 Å². The second-order valence-electron chi connectivity index (χ2n) is 5.71. The summed E-state index contributed by atoms with van der Waals surface area (Å²) >= 11 is 2.15. The Kier molecular flexibility index (Phi) is 4.84. The third kappa shape index (κ3) is 3.43. The number of fused-ring (bicyclic) bond motifs is 1. The molecule has 4 nitrogen and oxygen atoms in total. The molecule has 6 heteroatoms. The first kappa shape index (κ1) is 16.9.